The summed E-state index contributed by atoms with van der Waals surface area (Å²) in [5.41, 5.74) is 2.43. The van der Waals surface area contributed by atoms with Crippen LogP contribution in [0.2, 0.25) is 0 Å². The topological polar surface area (TPSA) is 46.4 Å². The van der Waals surface area contributed by atoms with Crippen molar-refractivity contribution in [3.63, 3.8) is 0 Å². The van der Waals surface area contributed by atoms with E-state index in [2.05, 4.69) is 46.7 Å². The second-order valence-corrected chi connectivity index (χ2v) is 8.44. The van der Waals surface area contributed by atoms with Crippen LogP contribution in [0.3, 0.4) is 0 Å². The molecule has 0 saturated carbocycles. The number of hydrogen-bond donors (Lipinski definition) is 2. The zero-order valence-electron chi connectivity index (χ0n) is 15.5. The number of fused-ring (bicyclic) bond motifs is 1. The smallest absolute Gasteiger partial charge is 0.220 e. The number of amides is 1. The van der Waals surface area contributed by atoms with Crippen LogP contribution in [-0.4, -0.2) is 30.0 Å². The molecule has 1 aliphatic rings. The predicted molar refractivity (Wildman–Crippen MR) is 110 cm³/mol. The van der Waals surface area contributed by atoms with Crippen LogP contribution < -0.4 is 10.2 Å². The number of hydrogen-bond acceptors (Lipinski definition) is 3. The van der Waals surface area contributed by atoms with Gasteiger partial charge in [-0.2, -0.15) is 0 Å². The number of carbonyl (C=O) groups is 1. The van der Waals surface area contributed by atoms with Crippen molar-refractivity contribution in [1.82, 2.24) is 10.3 Å². The molecule has 5 heteroatoms. The Morgan fingerprint density at radius 2 is 1.81 bits per heavy atom. The Bertz CT molecular complexity index is 852. The molecule has 0 atom stereocenters. The molecule has 2 heterocycles. The molecule has 3 aromatic rings. The van der Waals surface area contributed by atoms with Gasteiger partial charge in [0.1, 0.15) is 6.54 Å². The van der Waals surface area contributed by atoms with Crippen molar-refractivity contribution in [3.05, 3.63) is 65.2 Å². The molecule has 2 N–H and O–H groups in total. The molecule has 1 aromatic heterocycles. The van der Waals surface area contributed by atoms with Crippen LogP contribution in [0.1, 0.15) is 29.8 Å². The van der Waals surface area contributed by atoms with Gasteiger partial charge in [-0.25, -0.2) is 4.98 Å². The van der Waals surface area contributed by atoms with Crippen molar-refractivity contribution >= 4 is 27.5 Å². The summed E-state index contributed by atoms with van der Waals surface area (Å²) in [5.74, 6) is 0.158. The van der Waals surface area contributed by atoms with Gasteiger partial charge in [-0.15, -0.1) is 11.3 Å². The minimum atomic E-state index is 0.158. The first kappa shape index (κ1) is 18.1. The van der Waals surface area contributed by atoms with Gasteiger partial charge in [0.25, 0.3) is 0 Å². The third kappa shape index (κ3) is 4.93. The van der Waals surface area contributed by atoms with E-state index in [0.29, 0.717) is 12.5 Å². The maximum absolute atomic E-state index is 12.3. The number of thiazole rings is 1. The molecular weight excluding hydrogens is 354 g/mol. The highest BCUT2D eigenvalue weighted by Gasteiger charge is 2.23. The van der Waals surface area contributed by atoms with Crippen molar-refractivity contribution in [3.8, 4) is 0 Å². The fourth-order valence-electron chi connectivity index (χ4n) is 3.78. The van der Waals surface area contributed by atoms with Gasteiger partial charge < -0.3 is 10.2 Å². The fraction of sp³-hybridized carbons (Fsp3) is 0.364. The zero-order chi connectivity index (χ0) is 18.5. The van der Waals surface area contributed by atoms with Crippen LogP contribution in [0.4, 0.5) is 0 Å². The van der Waals surface area contributed by atoms with Crippen LogP contribution in [0.15, 0.2) is 54.6 Å². The van der Waals surface area contributed by atoms with Crippen LogP contribution in [0.5, 0.6) is 0 Å². The maximum Gasteiger partial charge on any atom is 0.220 e. The number of rotatable bonds is 6. The molecule has 27 heavy (non-hydrogen) atoms. The van der Waals surface area contributed by atoms with Gasteiger partial charge in [0.15, 0.2) is 0 Å². The number of likely N-dealkylation sites (tertiary alicyclic amines) is 1. The molecule has 4 nitrogen and oxygen atoms in total. The summed E-state index contributed by atoms with van der Waals surface area (Å²) in [6, 6.07) is 19.1. The summed E-state index contributed by atoms with van der Waals surface area (Å²) in [4.78, 5) is 18.6. The first-order valence-electron chi connectivity index (χ1n) is 9.77. The lowest BCUT2D eigenvalue weighted by molar-refractivity contribution is -0.918. The fourth-order valence-corrected chi connectivity index (χ4v) is 4.75. The van der Waals surface area contributed by atoms with Gasteiger partial charge in [0, 0.05) is 37.3 Å². The number of nitrogens with zero attached hydrogens (tertiary/aromatic N) is 1. The molecule has 4 rings (SSSR count). The molecule has 140 valence electrons. The second-order valence-electron chi connectivity index (χ2n) is 7.33. The van der Waals surface area contributed by atoms with E-state index in [0.717, 1.165) is 49.4 Å². The van der Waals surface area contributed by atoms with E-state index in [1.54, 1.807) is 16.2 Å². The highest BCUT2D eigenvalue weighted by molar-refractivity contribution is 7.18. The van der Waals surface area contributed by atoms with E-state index in [-0.39, 0.29) is 5.91 Å². The van der Waals surface area contributed by atoms with Crippen LogP contribution in [-0.2, 0) is 17.8 Å². The van der Waals surface area contributed by atoms with Crippen molar-refractivity contribution < 1.29 is 9.69 Å². The standard InChI is InChI=1S/C22H25N3OS/c26-21(10-11-22-24-19-8-4-5-9-20(19)27-22)23-18-12-14-25(15-13-18)16-17-6-2-1-3-7-17/h1-9,18H,10-16H2,(H,23,26)/p+1. The van der Waals surface area contributed by atoms with Gasteiger partial charge in [0.2, 0.25) is 5.91 Å². The second kappa shape index (κ2) is 8.63. The number of nitrogens with one attached hydrogen (secondary N) is 2. The predicted octanol–water partition coefficient (Wildman–Crippen LogP) is 2.59. The Hall–Kier alpha value is -2.24. The third-order valence-corrected chi connectivity index (χ3v) is 6.36. The molecule has 1 amide bonds. The van der Waals surface area contributed by atoms with Crippen LogP contribution >= 0.6 is 11.3 Å². The quantitative estimate of drug-likeness (QED) is 0.691. The van der Waals surface area contributed by atoms with Gasteiger partial charge in [-0.3, -0.25) is 4.79 Å². The largest absolute Gasteiger partial charge is 0.353 e. The number of carbonyl (C=O) groups excluding carboxylic acids is 1. The number of aromatic nitrogens is 1. The minimum absolute atomic E-state index is 0.158. The summed E-state index contributed by atoms with van der Waals surface area (Å²) in [7, 11) is 0. The Kier molecular flexibility index (Phi) is 5.80. The van der Waals surface area contributed by atoms with Gasteiger partial charge in [-0.05, 0) is 12.1 Å². The average Bonchev–Trinajstić information content (AvgIpc) is 3.12. The highest BCUT2D eigenvalue weighted by atomic mass is 32.1. The third-order valence-electron chi connectivity index (χ3n) is 5.26. The Labute approximate surface area is 164 Å². The van der Waals surface area contributed by atoms with Gasteiger partial charge in [-0.1, -0.05) is 42.5 Å². The molecule has 0 bridgehead atoms. The van der Waals surface area contributed by atoms with E-state index in [1.807, 2.05) is 18.2 Å². The monoisotopic (exact) mass is 380 g/mol. The summed E-state index contributed by atoms with van der Waals surface area (Å²) in [6.45, 7) is 3.33. The van der Waals surface area contributed by atoms with Gasteiger partial charge in [0.05, 0.1) is 28.3 Å². The molecule has 1 saturated heterocycles. The zero-order valence-corrected chi connectivity index (χ0v) is 16.3. The number of piperidine rings is 1. The van der Waals surface area contributed by atoms with E-state index in [9.17, 15) is 4.79 Å². The molecule has 1 aliphatic heterocycles. The number of aryl methyl sites for hydroxylation is 1. The summed E-state index contributed by atoms with van der Waals surface area (Å²) >= 11 is 1.69. The number of quaternary nitrogens is 1. The average molecular weight is 381 g/mol. The minimum Gasteiger partial charge on any atom is -0.353 e. The molecule has 2 aromatic carbocycles. The van der Waals surface area contributed by atoms with E-state index in [4.69, 9.17) is 0 Å². The maximum atomic E-state index is 12.3. The van der Waals surface area contributed by atoms with E-state index in [1.165, 1.54) is 10.3 Å². The Balaban J connectivity index is 1.20. The van der Waals surface area contributed by atoms with Crippen molar-refractivity contribution in [1.29, 1.82) is 0 Å². The van der Waals surface area contributed by atoms with Crippen LogP contribution in [0, 0.1) is 0 Å². The Morgan fingerprint density at radius 1 is 1.07 bits per heavy atom. The Morgan fingerprint density at radius 3 is 2.59 bits per heavy atom. The van der Waals surface area contributed by atoms with Crippen molar-refractivity contribution in [2.75, 3.05) is 13.1 Å². The highest BCUT2D eigenvalue weighted by Crippen LogP contribution is 2.22. The molecule has 0 aliphatic carbocycles. The van der Waals surface area contributed by atoms with E-state index >= 15 is 0 Å². The normalized spacial score (nSPS) is 19.9. The number of para-hydroxylation sites is 1. The molecule has 0 unspecified atom stereocenters. The molecule has 1 fully saturated rings. The molecule has 0 radical (unpaired) electrons. The van der Waals surface area contributed by atoms with E-state index < -0.39 is 0 Å². The lowest BCUT2D eigenvalue weighted by atomic mass is 10.0. The number of benzene rings is 2. The van der Waals surface area contributed by atoms with Crippen LogP contribution in [0.25, 0.3) is 10.2 Å². The first-order valence-corrected chi connectivity index (χ1v) is 10.6. The molecule has 0 spiro atoms. The first-order chi connectivity index (χ1) is 13.3. The lowest BCUT2D eigenvalue weighted by Gasteiger charge is -2.29. The van der Waals surface area contributed by atoms with Gasteiger partial charge >= 0.3 is 0 Å². The summed E-state index contributed by atoms with van der Waals surface area (Å²) in [6.07, 6.45) is 3.38. The summed E-state index contributed by atoms with van der Waals surface area (Å²) < 4.78 is 1.20. The lowest BCUT2D eigenvalue weighted by Crippen LogP contribution is -3.12. The SMILES string of the molecule is O=C(CCc1nc2ccccc2s1)NC1CC[NH+](Cc2ccccc2)CC1. The molecular formula is C22H26N3OS+. The van der Waals surface area contributed by atoms with Crippen molar-refractivity contribution in [2.45, 2.75) is 38.3 Å². The summed E-state index contributed by atoms with van der Waals surface area (Å²) in [5, 5.41) is 4.28. The van der Waals surface area contributed by atoms with Crippen molar-refractivity contribution in [2.24, 2.45) is 0 Å².